The molecule has 0 bridgehead atoms. The number of nitriles is 1. The Morgan fingerprint density at radius 2 is 1.39 bits per heavy atom. The molecule has 0 saturated heterocycles. The van der Waals surface area contributed by atoms with Gasteiger partial charge in [0.05, 0.1) is 17.3 Å². The lowest BCUT2D eigenvalue weighted by Gasteiger charge is -2.29. The molecule has 0 radical (unpaired) electrons. The van der Waals surface area contributed by atoms with Crippen LogP contribution in [0.15, 0.2) is 96.7 Å². The Balaban J connectivity index is 1.27. The Labute approximate surface area is 278 Å². The van der Waals surface area contributed by atoms with Crippen LogP contribution in [0.25, 0.3) is 41.9 Å². The molecule has 8 rings (SSSR count). The molecule has 0 spiro atoms. The number of nitrogens with zero attached hydrogens (tertiary/aromatic N) is 3. The van der Waals surface area contributed by atoms with Crippen molar-refractivity contribution in [2.24, 2.45) is 0 Å². The molecule has 0 fully saturated rings. The van der Waals surface area contributed by atoms with Gasteiger partial charge in [0, 0.05) is 42.3 Å². The molecule has 0 amide bonds. The van der Waals surface area contributed by atoms with Crippen LogP contribution < -0.4 is 4.90 Å². The van der Waals surface area contributed by atoms with Crippen LogP contribution in [-0.2, 0) is 10.8 Å². The van der Waals surface area contributed by atoms with Gasteiger partial charge < -0.3 is 4.90 Å². The summed E-state index contributed by atoms with van der Waals surface area (Å²) in [5.74, 6) is 0. The van der Waals surface area contributed by atoms with E-state index in [2.05, 4.69) is 135 Å². The van der Waals surface area contributed by atoms with Crippen LogP contribution in [0.1, 0.15) is 60.4 Å². The van der Waals surface area contributed by atoms with Crippen molar-refractivity contribution >= 4 is 55.2 Å². The molecule has 0 aliphatic heterocycles. The Hall–Kier alpha value is -4.94. The van der Waals surface area contributed by atoms with Gasteiger partial charge in [-0.2, -0.15) is 0 Å². The van der Waals surface area contributed by atoms with E-state index in [0.717, 1.165) is 21.9 Å². The maximum absolute atomic E-state index is 9.30. The zero-order valence-corrected chi connectivity index (χ0v) is 28.0. The van der Waals surface area contributed by atoms with Gasteiger partial charge in [-0.3, -0.25) is 0 Å². The fourth-order valence-electron chi connectivity index (χ4n) is 7.45. The number of benzene rings is 4. The van der Waals surface area contributed by atoms with Crippen molar-refractivity contribution in [3.8, 4) is 27.6 Å². The largest absolute Gasteiger partial charge is 0.310 e. The van der Waals surface area contributed by atoms with Gasteiger partial charge in [-0.25, -0.2) is 10.1 Å². The number of hydrogen-bond donors (Lipinski definition) is 0. The van der Waals surface area contributed by atoms with Gasteiger partial charge >= 0.3 is 0 Å². The van der Waals surface area contributed by atoms with Crippen LogP contribution >= 0.6 is 22.7 Å². The first-order valence-corrected chi connectivity index (χ1v) is 17.1. The van der Waals surface area contributed by atoms with Gasteiger partial charge in [0.1, 0.15) is 0 Å². The Kier molecular flexibility index (Phi) is 6.22. The van der Waals surface area contributed by atoms with E-state index in [-0.39, 0.29) is 16.5 Å². The van der Waals surface area contributed by atoms with Crippen molar-refractivity contribution < 1.29 is 0 Å². The SMILES string of the molecule is [C-]#[N+]/C(C#N)=C\c1cc2sc3c(c2s1)C(C)(C)c1cc(N(c2ccc(C)cc2)c2ccc4c(c2)C(C)(C)c2ccccc2-4)ccc1-3. The van der Waals surface area contributed by atoms with E-state index >= 15 is 0 Å². The maximum Gasteiger partial charge on any atom is 0.263 e. The highest BCUT2D eigenvalue weighted by Crippen LogP contribution is 2.58. The third kappa shape index (κ3) is 4.06. The molecule has 2 aliphatic rings. The van der Waals surface area contributed by atoms with Gasteiger partial charge in [0.25, 0.3) is 5.70 Å². The fraction of sp³-hybridized carbons (Fsp3) is 0.171. The van der Waals surface area contributed by atoms with Gasteiger partial charge in [-0.15, -0.1) is 22.7 Å². The molecule has 0 atom stereocenters. The molecule has 2 heterocycles. The van der Waals surface area contributed by atoms with Crippen molar-refractivity contribution in [3.63, 3.8) is 0 Å². The number of anilines is 3. The molecule has 0 unspecified atom stereocenters. The normalized spacial score (nSPS) is 15.1. The third-order valence-electron chi connectivity index (χ3n) is 9.82. The summed E-state index contributed by atoms with van der Waals surface area (Å²) in [5.41, 5.74) is 13.8. The number of hydrogen-bond acceptors (Lipinski definition) is 4. The molecular formula is C41H31N3S2. The highest BCUT2D eigenvalue weighted by Gasteiger charge is 2.40. The Morgan fingerprint density at radius 1 is 0.761 bits per heavy atom. The minimum atomic E-state index is -0.205. The maximum atomic E-state index is 9.30. The average molecular weight is 630 g/mol. The average Bonchev–Trinajstić information content (AvgIpc) is 3.73. The van der Waals surface area contributed by atoms with Crippen LogP contribution in [0.2, 0.25) is 0 Å². The summed E-state index contributed by atoms with van der Waals surface area (Å²) in [7, 11) is 0. The van der Waals surface area contributed by atoms with Crippen LogP contribution in [-0.4, -0.2) is 0 Å². The number of aryl methyl sites for hydroxylation is 1. The topological polar surface area (TPSA) is 31.4 Å². The quantitative estimate of drug-likeness (QED) is 0.143. The molecule has 6 aromatic rings. The van der Waals surface area contributed by atoms with Gasteiger partial charge in [0.2, 0.25) is 0 Å². The van der Waals surface area contributed by atoms with Crippen LogP contribution in [0, 0.1) is 24.8 Å². The van der Waals surface area contributed by atoms with Crippen molar-refractivity contribution in [2.45, 2.75) is 45.4 Å². The molecule has 5 heteroatoms. The van der Waals surface area contributed by atoms with Gasteiger partial charge in [-0.1, -0.05) is 81.8 Å². The van der Waals surface area contributed by atoms with Crippen molar-refractivity contribution in [1.29, 1.82) is 5.26 Å². The number of allylic oxidation sites excluding steroid dienone is 1. The van der Waals surface area contributed by atoms with E-state index in [9.17, 15) is 5.26 Å². The van der Waals surface area contributed by atoms with E-state index in [1.54, 1.807) is 17.4 Å². The first-order valence-electron chi connectivity index (χ1n) is 15.4. The minimum absolute atomic E-state index is 0.0853. The van der Waals surface area contributed by atoms with E-state index in [4.69, 9.17) is 6.57 Å². The second-order valence-corrected chi connectivity index (χ2v) is 15.5. The predicted molar refractivity (Wildman–Crippen MR) is 194 cm³/mol. The van der Waals surface area contributed by atoms with Gasteiger partial charge in [-0.05, 0) is 94.4 Å². The molecule has 3 nitrogen and oxygen atoms in total. The lowest BCUT2D eigenvalue weighted by Crippen LogP contribution is -2.18. The molecule has 0 N–H and O–H groups in total. The first-order chi connectivity index (χ1) is 22.1. The molecule has 2 aromatic heterocycles. The standard InChI is InChI=1S/C41H31N3S2/c1-24-11-13-26(14-12-24)44(27-15-17-31-30-9-7-8-10-33(30)40(2,3)34(31)20-27)28-16-18-32-35(21-28)41(4,5)37-38(32)46-36-22-29(45-39(36)37)19-25(23-42)43-6/h7-22H,1-5H3/b25-19-. The third-order valence-corrected chi connectivity index (χ3v) is 12.2. The number of fused-ring (bicyclic) bond motifs is 8. The predicted octanol–water partition coefficient (Wildman–Crippen LogP) is 12.1. The zero-order valence-electron chi connectivity index (χ0n) is 26.4. The van der Waals surface area contributed by atoms with Crippen molar-refractivity contribution in [3.05, 3.63) is 141 Å². The summed E-state index contributed by atoms with van der Waals surface area (Å²) in [6.07, 6.45) is 1.71. The highest BCUT2D eigenvalue weighted by molar-refractivity contribution is 7.30. The number of thiophene rings is 2. The van der Waals surface area contributed by atoms with Crippen LogP contribution in [0.5, 0.6) is 0 Å². The minimum Gasteiger partial charge on any atom is -0.310 e. The van der Waals surface area contributed by atoms with Crippen LogP contribution in [0.4, 0.5) is 17.1 Å². The van der Waals surface area contributed by atoms with Crippen molar-refractivity contribution in [1.82, 2.24) is 0 Å². The lowest BCUT2D eigenvalue weighted by atomic mass is 9.82. The molecular weight excluding hydrogens is 599 g/mol. The zero-order chi connectivity index (χ0) is 32.0. The second kappa shape index (κ2) is 10.0. The summed E-state index contributed by atoms with van der Waals surface area (Å²) in [5, 5.41) is 9.30. The Morgan fingerprint density at radius 3 is 2.09 bits per heavy atom. The van der Waals surface area contributed by atoms with Crippen LogP contribution in [0.3, 0.4) is 0 Å². The molecule has 46 heavy (non-hydrogen) atoms. The second-order valence-electron chi connectivity index (χ2n) is 13.3. The first kappa shape index (κ1) is 28.5. The van der Waals surface area contributed by atoms with E-state index in [0.29, 0.717) is 0 Å². The summed E-state index contributed by atoms with van der Waals surface area (Å²) in [6, 6.07) is 35.7. The highest BCUT2D eigenvalue weighted by atomic mass is 32.1. The summed E-state index contributed by atoms with van der Waals surface area (Å²) in [6.45, 7) is 18.8. The van der Waals surface area contributed by atoms with E-state index < -0.39 is 0 Å². The summed E-state index contributed by atoms with van der Waals surface area (Å²) >= 11 is 3.50. The van der Waals surface area contributed by atoms with E-state index in [1.165, 1.54) is 58.8 Å². The number of rotatable bonds is 4. The van der Waals surface area contributed by atoms with Gasteiger partial charge in [0.15, 0.2) is 0 Å². The molecule has 0 saturated carbocycles. The Bertz CT molecular complexity index is 2330. The molecule has 2 aliphatic carbocycles. The lowest BCUT2D eigenvalue weighted by molar-refractivity contribution is 0.660. The monoisotopic (exact) mass is 629 g/mol. The molecule has 222 valence electrons. The summed E-state index contributed by atoms with van der Waals surface area (Å²) < 4.78 is 2.47. The van der Waals surface area contributed by atoms with Crippen molar-refractivity contribution in [2.75, 3.05) is 4.90 Å². The molecule has 4 aromatic carbocycles. The fourth-order valence-corrected chi connectivity index (χ4v) is 10.4. The van der Waals surface area contributed by atoms with E-state index in [1.807, 2.05) is 17.4 Å². The smallest absolute Gasteiger partial charge is 0.263 e. The summed E-state index contributed by atoms with van der Waals surface area (Å²) in [4.78, 5) is 8.05.